The molecule has 1 unspecified atom stereocenters. The van der Waals surface area contributed by atoms with Crippen LogP contribution in [0.3, 0.4) is 0 Å². The fourth-order valence-corrected chi connectivity index (χ4v) is 3.77. The first kappa shape index (κ1) is 21.3. The van der Waals surface area contributed by atoms with Crippen LogP contribution in [0.5, 0.6) is 5.75 Å². The molecule has 0 aliphatic carbocycles. The number of rotatable bonds is 5. The van der Waals surface area contributed by atoms with Crippen molar-refractivity contribution in [3.8, 4) is 5.75 Å². The molecule has 0 spiro atoms. The fraction of sp³-hybridized carbons (Fsp3) is 0.154. The average Bonchev–Trinajstić information content (AvgIpc) is 3.05. The third kappa shape index (κ3) is 3.99. The third-order valence-corrected chi connectivity index (χ3v) is 5.16. The summed E-state index contributed by atoms with van der Waals surface area (Å²) in [6.07, 6.45) is -0.00453. The van der Waals surface area contributed by atoms with Crippen LogP contribution in [0, 0.1) is 5.82 Å². The van der Waals surface area contributed by atoms with Gasteiger partial charge < -0.3 is 9.84 Å². The summed E-state index contributed by atoms with van der Waals surface area (Å²) in [5, 5.41) is 11.0. The molecule has 3 aromatic carbocycles. The van der Waals surface area contributed by atoms with E-state index in [9.17, 15) is 19.1 Å². The topological polar surface area (TPSA) is 66.8 Å². The highest BCUT2D eigenvalue weighted by Gasteiger charge is 2.46. The van der Waals surface area contributed by atoms with Crippen molar-refractivity contribution in [3.63, 3.8) is 0 Å². The lowest BCUT2D eigenvalue weighted by Gasteiger charge is -2.25. The predicted molar refractivity (Wildman–Crippen MR) is 120 cm³/mol. The lowest BCUT2D eigenvalue weighted by atomic mass is 9.95. The molecule has 32 heavy (non-hydrogen) atoms. The Morgan fingerprint density at radius 1 is 0.938 bits per heavy atom. The summed E-state index contributed by atoms with van der Waals surface area (Å²) < 4.78 is 19.0. The Morgan fingerprint density at radius 2 is 1.56 bits per heavy atom. The van der Waals surface area contributed by atoms with Gasteiger partial charge in [0.05, 0.1) is 17.7 Å². The minimum atomic E-state index is -0.835. The Morgan fingerprint density at radius 3 is 2.16 bits per heavy atom. The quantitative estimate of drug-likeness (QED) is 0.341. The van der Waals surface area contributed by atoms with Gasteiger partial charge in [-0.2, -0.15) is 0 Å². The number of Topliss-reactive ketones (excluding diaryl/α,β-unsaturated/α-hetero) is 1. The zero-order valence-corrected chi connectivity index (χ0v) is 17.7. The van der Waals surface area contributed by atoms with Crippen molar-refractivity contribution in [3.05, 3.63) is 101 Å². The normalized spacial score (nSPS) is 17.8. The second kappa shape index (κ2) is 8.67. The number of halogens is 1. The van der Waals surface area contributed by atoms with Crippen molar-refractivity contribution < 1.29 is 23.8 Å². The number of anilines is 1. The van der Waals surface area contributed by atoms with E-state index in [2.05, 4.69) is 0 Å². The number of carbonyl (C=O) groups excluding carboxylic acids is 2. The maximum atomic E-state index is 13.4. The first-order valence-corrected chi connectivity index (χ1v) is 10.3. The highest BCUT2D eigenvalue weighted by molar-refractivity contribution is 6.51. The monoisotopic (exact) mass is 431 g/mol. The zero-order valence-electron chi connectivity index (χ0n) is 17.7. The molecule has 1 N–H and O–H groups in total. The van der Waals surface area contributed by atoms with E-state index in [0.29, 0.717) is 17.0 Å². The molecular weight excluding hydrogens is 409 g/mol. The minimum absolute atomic E-state index is 0.00453. The summed E-state index contributed by atoms with van der Waals surface area (Å²) >= 11 is 0. The number of benzene rings is 3. The van der Waals surface area contributed by atoms with E-state index in [1.807, 2.05) is 19.9 Å². The number of ketones is 1. The van der Waals surface area contributed by atoms with Gasteiger partial charge in [-0.05, 0) is 67.9 Å². The van der Waals surface area contributed by atoms with Crippen molar-refractivity contribution in [2.75, 3.05) is 4.90 Å². The van der Waals surface area contributed by atoms with Gasteiger partial charge in [0.15, 0.2) is 0 Å². The van der Waals surface area contributed by atoms with E-state index in [4.69, 9.17) is 4.74 Å². The molecule has 1 saturated heterocycles. The maximum absolute atomic E-state index is 13.4. The van der Waals surface area contributed by atoms with Gasteiger partial charge in [0.1, 0.15) is 17.3 Å². The van der Waals surface area contributed by atoms with Crippen LogP contribution in [0.4, 0.5) is 10.1 Å². The van der Waals surface area contributed by atoms with Crippen molar-refractivity contribution in [2.24, 2.45) is 0 Å². The Hall–Kier alpha value is -3.93. The number of carbonyl (C=O) groups is 2. The van der Waals surface area contributed by atoms with E-state index in [-0.39, 0.29) is 23.0 Å². The summed E-state index contributed by atoms with van der Waals surface area (Å²) in [6.45, 7) is 3.83. The number of hydrogen-bond donors (Lipinski definition) is 1. The number of hydrogen-bond acceptors (Lipinski definition) is 4. The van der Waals surface area contributed by atoms with E-state index >= 15 is 0 Å². The smallest absolute Gasteiger partial charge is 0.300 e. The number of ether oxygens (including phenoxy) is 1. The Kier molecular flexibility index (Phi) is 5.77. The van der Waals surface area contributed by atoms with Crippen LogP contribution in [-0.4, -0.2) is 22.9 Å². The Balaban J connectivity index is 1.85. The molecule has 1 aliphatic rings. The maximum Gasteiger partial charge on any atom is 0.300 e. The molecule has 0 aromatic heterocycles. The highest BCUT2D eigenvalue weighted by atomic mass is 19.1. The van der Waals surface area contributed by atoms with Gasteiger partial charge >= 0.3 is 0 Å². The van der Waals surface area contributed by atoms with Crippen LogP contribution in [-0.2, 0) is 9.59 Å². The summed E-state index contributed by atoms with van der Waals surface area (Å²) in [5.41, 5.74) is 1.37. The minimum Gasteiger partial charge on any atom is -0.507 e. The van der Waals surface area contributed by atoms with E-state index < -0.39 is 23.5 Å². The van der Waals surface area contributed by atoms with Crippen LogP contribution in [0.25, 0.3) is 5.76 Å². The number of amides is 1. The third-order valence-electron chi connectivity index (χ3n) is 5.16. The van der Waals surface area contributed by atoms with Crippen molar-refractivity contribution in [1.82, 2.24) is 0 Å². The molecule has 4 rings (SSSR count). The van der Waals surface area contributed by atoms with Gasteiger partial charge in [-0.1, -0.05) is 30.3 Å². The van der Waals surface area contributed by atoms with E-state index in [0.717, 1.165) is 0 Å². The number of aliphatic hydroxyl groups excluding tert-OH is 1. The van der Waals surface area contributed by atoms with Crippen LogP contribution in [0.15, 0.2) is 84.4 Å². The predicted octanol–water partition coefficient (Wildman–Crippen LogP) is 5.24. The van der Waals surface area contributed by atoms with Gasteiger partial charge in [0.25, 0.3) is 11.7 Å². The number of nitrogens with zero attached hydrogens (tertiary/aromatic N) is 1. The van der Waals surface area contributed by atoms with Gasteiger partial charge in [0.2, 0.25) is 0 Å². The summed E-state index contributed by atoms with van der Waals surface area (Å²) in [5.74, 6) is -1.73. The van der Waals surface area contributed by atoms with Crippen molar-refractivity contribution >= 4 is 23.1 Å². The highest BCUT2D eigenvalue weighted by Crippen LogP contribution is 2.42. The van der Waals surface area contributed by atoms with Crippen LogP contribution < -0.4 is 9.64 Å². The Bertz CT molecular complexity index is 1170. The molecule has 0 saturated carbocycles. The van der Waals surface area contributed by atoms with Crippen molar-refractivity contribution in [2.45, 2.75) is 26.0 Å². The molecule has 1 atom stereocenters. The largest absolute Gasteiger partial charge is 0.507 e. The molecule has 6 heteroatoms. The van der Waals surface area contributed by atoms with Gasteiger partial charge in [-0.25, -0.2) is 4.39 Å². The second-order valence-electron chi connectivity index (χ2n) is 7.75. The first-order chi connectivity index (χ1) is 15.4. The SMILES string of the molecule is CC(C)Oc1ccc(N2C(=O)C(=O)/C(=C(/O)c3ccc(F)cc3)C2c2ccccc2)cc1. The molecule has 5 nitrogen and oxygen atoms in total. The lowest BCUT2D eigenvalue weighted by Crippen LogP contribution is -2.29. The molecule has 162 valence electrons. The molecule has 1 fully saturated rings. The lowest BCUT2D eigenvalue weighted by molar-refractivity contribution is -0.132. The van der Waals surface area contributed by atoms with Crippen LogP contribution in [0.2, 0.25) is 0 Å². The molecule has 3 aromatic rings. The van der Waals surface area contributed by atoms with Crippen molar-refractivity contribution in [1.29, 1.82) is 0 Å². The van der Waals surface area contributed by atoms with E-state index in [1.165, 1.54) is 29.2 Å². The summed E-state index contributed by atoms with van der Waals surface area (Å²) in [6, 6.07) is 20.2. The number of aliphatic hydroxyl groups is 1. The molecule has 1 amide bonds. The molecule has 0 bridgehead atoms. The summed E-state index contributed by atoms with van der Waals surface area (Å²) in [4.78, 5) is 27.5. The van der Waals surface area contributed by atoms with E-state index in [1.54, 1.807) is 48.5 Å². The second-order valence-corrected chi connectivity index (χ2v) is 7.75. The zero-order chi connectivity index (χ0) is 22.8. The fourth-order valence-electron chi connectivity index (χ4n) is 3.77. The summed E-state index contributed by atoms with van der Waals surface area (Å²) in [7, 11) is 0. The Labute approximate surface area is 185 Å². The van der Waals surface area contributed by atoms with Gasteiger partial charge in [0, 0.05) is 11.3 Å². The average molecular weight is 431 g/mol. The van der Waals surface area contributed by atoms with Gasteiger partial charge in [-0.15, -0.1) is 0 Å². The first-order valence-electron chi connectivity index (χ1n) is 10.3. The van der Waals surface area contributed by atoms with Crippen LogP contribution in [0.1, 0.15) is 31.0 Å². The standard InChI is InChI=1S/C26H22FNO4/c1-16(2)32-21-14-12-20(13-15-21)28-23(17-6-4-3-5-7-17)22(25(30)26(28)31)24(29)18-8-10-19(27)11-9-18/h3-16,23,29H,1-2H3/b24-22+. The van der Waals surface area contributed by atoms with Crippen LogP contribution >= 0.6 is 0 Å². The molecule has 1 heterocycles. The molecule has 1 aliphatic heterocycles. The van der Waals surface area contributed by atoms with Gasteiger partial charge in [-0.3, -0.25) is 14.5 Å². The molecular formula is C26H22FNO4. The molecule has 0 radical (unpaired) electrons.